The summed E-state index contributed by atoms with van der Waals surface area (Å²) >= 11 is 5.70. The molecule has 154 valence electrons. The minimum Gasteiger partial charge on any atom is -0.323 e. The van der Waals surface area contributed by atoms with Crippen LogP contribution in [-0.2, 0) is 14.8 Å². The van der Waals surface area contributed by atoms with Crippen molar-refractivity contribution in [2.24, 2.45) is 5.92 Å². The predicted molar refractivity (Wildman–Crippen MR) is 108 cm³/mol. The lowest BCUT2D eigenvalue weighted by Gasteiger charge is -2.30. The summed E-state index contributed by atoms with van der Waals surface area (Å²) in [5.74, 6) is -1.54. The van der Waals surface area contributed by atoms with Gasteiger partial charge in [-0.1, -0.05) is 23.7 Å². The van der Waals surface area contributed by atoms with E-state index in [2.05, 4.69) is 5.32 Å². The molecule has 1 N–H and O–H groups in total. The smallest absolute Gasteiger partial charge is 0.243 e. The molecule has 0 aliphatic carbocycles. The topological polar surface area (TPSA) is 83.6 Å². The van der Waals surface area contributed by atoms with Gasteiger partial charge >= 0.3 is 0 Å². The second kappa shape index (κ2) is 8.61. The number of anilines is 1. The van der Waals surface area contributed by atoms with E-state index in [4.69, 9.17) is 11.6 Å². The van der Waals surface area contributed by atoms with Crippen LogP contribution in [0, 0.1) is 11.7 Å². The Morgan fingerprint density at radius 2 is 1.72 bits per heavy atom. The zero-order chi connectivity index (χ0) is 21.2. The van der Waals surface area contributed by atoms with Gasteiger partial charge in [-0.2, -0.15) is 4.31 Å². The standard InChI is InChI=1S/C20H20ClFN2O4S/c1-13(25)14-2-5-17(6-3-14)29(27,28)24-10-8-15(9-11-24)20(26)23-19-7-4-16(21)12-18(19)22/h2-7,12,15H,8-11H2,1H3,(H,23,26). The molecule has 1 aliphatic heterocycles. The summed E-state index contributed by atoms with van der Waals surface area (Å²) in [6, 6.07) is 9.77. The molecular weight excluding hydrogens is 419 g/mol. The number of amides is 1. The number of halogens is 2. The molecule has 1 amide bonds. The van der Waals surface area contributed by atoms with Gasteiger partial charge in [-0.25, -0.2) is 12.8 Å². The van der Waals surface area contributed by atoms with Crippen molar-refractivity contribution in [3.8, 4) is 0 Å². The molecule has 3 rings (SSSR count). The van der Waals surface area contributed by atoms with Crippen molar-refractivity contribution < 1.29 is 22.4 Å². The van der Waals surface area contributed by atoms with Gasteiger partial charge < -0.3 is 5.32 Å². The highest BCUT2D eigenvalue weighted by Gasteiger charge is 2.32. The van der Waals surface area contributed by atoms with Gasteiger partial charge in [0.25, 0.3) is 0 Å². The lowest BCUT2D eigenvalue weighted by atomic mass is 9.97. The number of hydrogen-bond acceptors (Lipinski definition) is 4. The Morgan fingerprint density at radius 1 is 1.10 bits per heavy atom. The molecule has 1 saturated heterocycles. The number of hydrogen-bond donors (Lipinski definition) is 1. The molecule has 2 aromatic rings. The van der Waals surface area contributed by atoms with Crippen LogP contribution < -0.4 is 5.32 Å². The van der Waals surface area contributed by atoms with Gasteiger partial charge in [-0.15, -0.1) is 0 Å². The Kier molecular flexibility index (Phi) is 6.36. The van der Waals surface area contributed by atoms with E-state index in [1.54, 1.807) is 0 Å². The fourth-order valence-corrected chi connectivity index (χ4v) is 4.82. The fourth-order valence-electron chi connectivity index (χ4n) is 3.19. The van der Waals surface area contributed by atoms with E-state index >= 15 is 0 Å². The van der Waals surface area contributed by atoms with Crippen molar-refractivity contribution in [1.29, 1.82) is 0 Å². The predicted octanol–water partition coefficient (Wildman–Crippen LogP) is 3.72. The Bertz CT molecular complexity index is 1030. The Hall–Kier alpha value is -2.29. The van der Waals surface area contributed by atoms with Gasteiger partial charge in [-0.3, -0.25) is 9.59 Å². The highest BCUT2D eigenvalue weighted by molar-refractivity contribution is 7.89. The summed E-state index contributed by atoms with van der Waals surface area (Å²) in [5, 5.41) is 2.77. The van der Waals surface area contributed by atoms with Crippen LogP contribution in [0.5, 0.6) is 0 Å². The van der Waals surface area contributed by atoms with Crippen LogP contribution in [0.25, 0.3) is 0 Å². The van der Waals surface area contributed by atoms with Crippen LogP contribution in [-0.4, -0.2) is 37.5 Å². The first-order chi connectivity index (χ1) is 13.7. The molecule has 29 heavy (non-hydrogen) atoms. The molecule has 2 aromatic carbocycles. The molecule has 0 radical (unpaired) electrons. The number of piperidine rings is 1. The molecule has 6 nitrogen and oxygen atoms in total. The van der Waals surface area contributed by atoms with Crippen LogP contribution in [0.3, 0.4) is 0 Å². The summed E-state index contributed by atoms with van der Waals surface area (Å²) in [6.07, 6.45) is 0.650. The maximum Gasteiger partial charge on any atom is 0.243 e. The number of rotatable bonds is 5. The molecule has 0 saturated carbocycles. The van der Waals surface area contributed by atoms with E-state index in [0.29, 0.717) is 18.4 Å². The van der Waals surface area contributed by atoms with Crippen LogP contribution in [0.15, 0.2) is 47.4 Å². The van der Waals surface area contributed by atoms with Crippen molar-refractivity contribution >= 4 is 39.0 Å². The third-order valence-electron chi connectivity index (χ3n) is 4.91. The van der Waals surface area contributed by atoms with Gasteiger partial charge in [0.05, 0.1) is 10.6 Å². The maximum absolute atomic E-state index is 13.9. The van der Waals surface area contributed by atoms with E-state index in [0.717, 1.165) is 6.07 Å². The molecular formula is C20H20ClFN2O4S. The first-order valence-electron chi connectivity index (χ1n) is 9.05. The number of benzene rings is 2. The van der Waals surface area contributed by atoms with Crippen molar-refractivity contribution in [3.05, 3.63) is 58.9 Å². The third kappa shape index (κ3) is 4.83. The molecule has 0 spiro atoms. The summed E-state index contributed by atoms with van der Waals surface area (Å²) in [6.45, 7) is 1.77. The van der Waals surface area contributed by atoms with E-state index in [-0.39, 0.29) is 40.4 Å². The average molecular weight is 439 g/mol. The van der Waals surface area contributed by atoms with Gasteiger partial charge in [0.2, 0.25) is 15.9 Å². The van der Waals surface area contributed by atoms with E-state index in [1.807, 2.05) is 0 Å². The van der Waals surface area contributed by atoms with Gasteiger partial charge in [0.15, 0.2) is 5.78 Å². The maximum atomic E-state index is 13.9. The summed E-state index contributed by atoms with van der Waals surface area (Å²) in [5.41, 5.74) is 0.480. The zero-order valence-electron chi connectivity index (χ0n) is 15.7. The number of carbonyl (C=O) groups excluding carboxylic acids is 2. The second-order valence-electron chi connectivity index (χ2n) is 6.87. The molecule has 1 fully saturated rings. The fraction of sp³-hybridized carbons (Fsp3) is 0.300. The number of Topliss-reactive ketones (excluding diaryl/α,β-unsaturated/α-hetero) is 1. The van der Waals surface area contributed by atoms with Crippen LogP contribution in [0.2, 0.25) is 5.02 Å². The molecule has 1 heterocycles. The lowest BCUT2D eigenvalue weighted by molar-refractivity contribution is -0.120. The van der Waals surface area contributed by atoms with E-state index < -0.39 is 21.8 Å². The van der Waals surface area contributed by atoms with E-state index in [9.17, 15) is 22.4 Å². The Morgan fingerprint density at radius 3 is 2.28 bits per heavy atom. The average Bonchev–Trinajstić information content (AvgIpc) is 2.70. The Balaban J connectivity index is 1.63. The molecule has 1 aliphatic rings. The summed E-state index contributed by atoms with van der Waals surface area (Å²) in [7, 11) is -3.71. The van der Waals surface area contributed by atoms with Crippen molar-refractivity contribution in [2.75, 3.05) is 18.4 Å². The van der Waals surface area contributed by atoms with Crippen molar-refractivity contribution in [2.45, 2.75) is 24.7 Å². The van der Waals surface area contributed by atoms with Crippen LogP contribution >= 0.6 is 11.6 Å². The van der Waals surface area contributed by atoms with Crippen molar-refractivity contribution in [1.82, 2.24) is 4.31 Å². The minimum absolute atomic E-state index is 0.0417. The first-order valence-corrected chi connectivity index (χ1v) is 10.9. The monoisotopic (exact) mass is 438 g/mol. The van der Waals surface area contributed by atoms with E-state index in [1.165, 1.54) is 47.6 Å². The molecule has 0 bridgehead atoms. The van der Waals surface area contributed by atoms with Gasteiger partial charge in [0, 0.05) is 29.6 Å². The SMILES string of the molecule is CC(=O)c1ccc(S(=O)(=O)N2CCC(C(=O)Nc3ccc(Cl)cc3F)CC2)cc1. The molecule has 0 unspecified atom stereocenters. The summed E-state index contributed by atoms with van der Waals surface area (Å²) in [4.78, 5) is 23.9. The molecule has 0 aromatic heterocycles. The number of ketones is 1. The van der Waals surface area contributed by atoms with Crippen LogP contribution in [0.4, 0.5) is 10.1 Å². The molecule has 0 atom stereocenters. The number of carbonyl (C=O) groups is 2. The number of nitrogens with zero attached hydrogens (tertiary/aromatic N) is 1. The molecule has 9 heteroatoms. The lowest BCUT2D eigenvalue weighted by Crippen LogP contribution is -2.41. The third-order valence-corrected chi connectivity index (χ3v) is 7.06. The zero-order valence-corrected chi connectivity index (χ0v) is 17.3. The normalized spacial score (nSPS) is 15.8. The van der Waals surface area contributed by atoms with Crippen LogP contribution in [0.1, 0.15) is 30.1 Å². The quantitative estimate of drug-likeness (QED) is 0.721. The minimum atomic E-state index is -3.71. The second-order valence-corrected chi connectivity index (χ2v) is 9.25. The first kappa shape index (κ1) is 21.4. The highest BCUT2D eigenvalue weighted by atomic mass is 35.5. The highest BCUT2D eigenvalue weighted by Crippen LogP contribution is 2.26. The van der Waals surface area contributed by atoms with Gasteiger partial charge in [-0.05, 0) is 50.1 Å². The summed E-state index contributed by atoms with van der Waals surface area (Å²) < 4.78 is 40.8. The van der Waals surface area contributed by atoms with Gasteiger partial charge in [0.1, 0.15) is 5.82 Å². The Labute approximate surface area is 173 Å². The number of nitrogens with one attached hydrogen (secondary N) is 1. The van der Waals surface area contributed by atoms with Crippen molar-refractivity contribution in [3.63, 3.8) is 0 Å². The number of sulfonamides is 1. The largest absolute Gasteiger partial charge is 0.323 e.